The van der Waals surface area contributed by atoms with Gasteiger partial charge in [-0.25, -0.2) is 9.78 Å². The van der Waals surface area contributed by atoms with Crippen molar-refractivity contribution in [2.24, 2.45) is 0 Å². The number of allylic oxidation sites excluding steroid dienone is 1. The van der Waals surface area contributed by atoms with Gasteiger partial charge in [0, 0.05) is 44.7 Å². The normalized spacial score (nSPS) is 19.2. The molecule has 0 saturated carbocycles. The van der Waals surface area contributed by atoms with Gasteiger partial charge in [-0.1, -0.05) is 0 Å². The molecule has 1 saturated heterocycles. The van der Waals surface area contributed by atoms with Crippen molar-refractivity contribution in [1.82, 2.24) is 20.1 Å². The number of piperazine rings is 1. The number of nitrogens with zero attached hydrogens (tertiary/aromatic N) is 3. The Labute approximate surface area is 216 Å². The van der Waals surface area contributed by atoms with Crippen molar-refractivity contribution in [3.05, 3.63) is 52.7 Å². The molecule has 10 nitrogen and oxygen atoms in total. The first-order valence-corrected chi connectivity index (χ1v) is 13.3. The Morgan fingerprint density at radius 1 is 1.16 bits per heavy atom. The molecule has 0 unspecified atom stereocenters. The SMILES string of the molecule is O=C(Oc1ccc2nc3c(cc2c1)CN1CC2=C(C=C31)CCOC2)N1CCNCC1.O=S(=O)(O)C(F)(F)F. The highest BCUT2D eigenvalue weighted by Crippen LogP contribution is 2.39. The third-order valence-electron chi connectivity index (χ3n) is 6.62. The molecule has 38 heavy (non-hydrogen) atoms. The molecule has 4 aliphatic rings. The highest BCUT2D eigenvalue weighted by molar-refractivity contribution is 7.86. The maximum Gasteiger partial charge on any atom is 0.522 e. The summed E-state index contributed by atoms with van der Waals surface area (Å²) < 4.78 is 68.8. The number of alkyl halides is 3. The number of rotatable bonds is 1. The van der Waals surface area contributed by atoms with Crippen molar-refractivity contribution in [3.63, 3.8) is 0 Å². The first-order chi connectivity index (χ1) is 18.0. The number of carbonyl (C=O) groups excluding carboxylic acids is 1. The lowest BCUT2D eigenvalue weighted by Gasteiger charge is -2.30. The Kier molecular flexibility index (Phi) is 7.07. The summed E-state index contributed by atoms with van der Waals surface area (Å²) in [6, 6.07) is 7.89. The molecule has 2 aromatic rings. The van der Waals surface area contributed by atoms with Crippen LogP contribution >= 0.6 is 0 Å². The van der Waals surface area contributed by atoms with Crippen molar-refractivity contribution in [2.45, 2.75) is 18.5 Å². The van der Waals surface area contributed by atoms with Crippen molar-refractivity contribution >= 4 is 32.8 Å². The molecule has 2 N–H and O–H groups in total. The Bertz CT molecular complexity index is 1430. The molecule has 1 aromatic heterocycles. The number of fused-ring (bicyclic) bond motifs is 4. The molecular formula is C24H25F3N4O6S. The fraction of sp³-hybridized carbons (Fsp3) is 0.417. The Morgan fingerprint density at radius 2 is 1.89 bits per heavy atom. The summed E-state index contributed by atoms with van der Waals surface area (Å²) in [4.78, 5) is 21.5. The van der Waals surface area contributed by atoms with Gasteiger partial charge in [-0.2, -0.15) is 21.6 Å². The van der Waals surface area contributed by atoms with Gasteiger partial charge in [0.1, 0.15) is 5.75 Å². The molecule has 1 amide bonds. The number of halogens is 3. The molecule has 0 bridgehead atoms. The fourth-order valence-corrected chi connectivity index (χ4v) is 4.72. The minimum atomic E-state index is -5.84. The van der Waals surface area contributed by atoms with Crippen LogP contribution in [0.4, 0.5) is 18.0 Å². The van der Waals surface area contributed by atoms with E-state index < -0.39 is 15.6 Å². The zero-order valence-electron chi connectivity index (χ0n) is 20.1. The molecule has 14 heteroatoms. The van der Waals surface area contributed by atoms with Crippen LogP contribution in [0.3, 0.4) is 0 Å². The van der Waals surface area contributed by atoms with Crippen LogP contribution in [0.2, 0.25) is 0 Å². The number of hydrogen-bond acceptors (Lipinski definition) is 8. The van der Waals surface area contributed by atoms with Gasteiger partial charge < -0.3 is 24.6 Å². The van der Waals surface area contributed by atoms with Crippen LogP contribution in [0.25, 0.3) is 16.6 Å². The summed E-state index contributed by atoms with van der Waals surface area (Å²) >= 11 is 0. The van der Waals surface area contributed by atoms with Gasteiger partial charge in [-0.05, 0) is 53.5 Å². The van der Waals surface area contributed by atoms with Gasteiger partial charge >= 0.3 is 21.7 Å². The van der Waals surface area contributed by atoms with E-state index in [2.05, 4.69) is 22.4 Å². The van der Waals surface area contributed by atoms with Crippen LogP contribution in [0, 0.1) is 0 Å². The zero-order chi connectivity index (χ0) is 27.1. The Morgan fingerprint density at radius 3 is 2.61 bits per heavy atom. The summed E-state index contributed by atoms with van der Waals surface area (Å²) in [5.41, 5.74) is 1.72. The van der Waals surface area contributed by atoms with E-state index in [-0.39, 0.29) is 6.09 Å². The molecule has 0 radical (unpaired) electrons. The minimum absolute atomic E-state index is 0.286. The van der Waals surface area contributed by atoms with Crippen LogP contribution in [-0.4, -0.2) is 85.3 Å². The number of benzene rings is 1. The zero-order valence-corrected chi connectivity index (χ0v) is 20.9. The molecule has 1 aromatic carbocycles. The lowest BCUT2D eigenvalue weighted by atomic mass is 9.98. The van der Waals surface area contributed by atoms with E-state index in [1.807, 2.05) is 18.2 Å². The van der Waals surface area contributed by atoms with Gasteiger partial charge in [0.05, 0.1) is 30.1 Å². The second kappa shape index (κ2) is 10.2. The number of ether oxygens (including phenoxy) is 2. The summed E-state index contributed by atoms with van der Waals surface area (Å²) in [5, 5.41) is 4.24. The third-order valence-corrected chi connectivity index (χ3v) is 7.21. The van der Waals surface area contributed by atoms with E-state index in [0.29, 0.717) is 18.8 Å². The maximum atomic E-state index is 12.4. The number of hydrogen-bond donors (Lipinski definition) is 2. The smallest absolute Gasteiger partial charge is 0.410 e. The van der Waals surface area contributed by atoms with E-state index in [1.54, 1.807) is 4.90 Å². The largest absolute Gasteiger partial charge is 0.522 e. The first-order valence-electron chi connectivity index (χ1n) is 11.9. The van der Waals surface area contributed by atoms with Crippen LogP contribution in [0.15, 0.2) is 41.5 Å². The maximum absolute atomic E-state index is 12.4. The van der Waals surface area contributed by atoms with E-state index in [9.17, 15) is 18.0 Å². The molecule has 204 valence electrons. The van der Waals surface area contributed by atoms with Crippen molar-refractivity contribution < 1.29 is 40.4 Å². The van der Waals surface area contributed by atoms with E-state index >= 15 is 0 Å². The van der Waals surface area contributed by atoms with Crippen molar-refractivity contribution in [1.29, 1.82) is 0 Å². The fourth-order valence-electron chi connectivity index (χ4n) is 4.72. The average Bonchev–Trinajstić information content (AvgIpc) is 3.21. The number of pyridine rings is 1. The predicted molar refractivity (Wildman–Crippen MR) is 131 cm³/mol. The second-order valence-electron chi connectivity index (χ2n) is 9.19. The van der Waals surface area contributed by atoms with Gasteiger partial charge in [-0.15, -0.1) is 0 Å². The van der Waals surface area contributed by atoms with Crippen LogP contribution in [-0.2, 0) is 21.4 Å². The van der Waals surface area contributed by atoms with Gasteiger partial charge in [0.15, 0.2) is 0 Å². The number of amides is 1. The second-order valence-corrected chi connectivity index (χ2v) is 10.6. The summed E-state index contributed by atoms with van der Waals surface area (Å²) in [6.07, 6.45) is 3.00. The monoisotopic (exact) mass is 554 g/mol. The Balaban J connectivity index is 0.000000323. The molecule has 1 fully saturated rings. The lowest BCUT2D eigenvalue weighted by Crippen LogP contribution is -2.47. The summed E-state index contributed by atoms with van der Waals surface area (Å²) in [6.45, 7) is 6.27. The van der Waals surface area contributed by atoms with Gasteiger partial charge in [-0.3, -0.25) is 4.55 Å². The summed E-state index contributed by atoms with van der Waals surface area (Å²) in [5.74, 6) is 0.567. The van der Waals surface area contributed by atoms with Gasteiger partial charge in [0.25, 0.3) is 0 Å². The van der Waals surface area contributed by atoms with Crippen LogP contribution in [0.5, 0.6) is 5.75 Å². The number of nitrogens with one attached hydrogen (secondary N) is 1. The molecule has 4 aliphatic heterocycles. The Hall–Kier alpha value is -3.20. The van der Waals surface area contributed by atoms with Gasteiger partial charge in [0.2, 0.25) is 0 Å². The lowest BCUT2D eigenvalue weighted by molar-refractivity contribution is -0.0510. The minimum Gasteiger partial charge on any atom is -0.410 e. The molecule has 5 heterocycles. The first kappa shape index (κ1) is 26.4. The average molecular weight is 555 g/mol. The van der Waals surface area contributed by atoms with E-state index in [0.717, 1.165) is 62.4 Å². The molecule has 0 aliphatic carbocycles. The van der Waals surface area contributed by atoms with E-state index in [1.165, 1.54) is 22.4 Å². The van der Waals surface area contributed by atoms with Crippen molar-refractivity contribution in [2.75, 3.05) is 45.9 Å². The summed E-state index contributed by atoms with van der Waals surface area (Å²) in [7, 11) is -5.84. The van der Waals surface area contributed by atoms with E-state index in [4.69, 9.17) is 27.4 Å². The molecule has 0 spiro atoms. The third kappa shape index (κ3) is 5.48. The number of aromatic nitrogens is 1. The molecule has 6 rings (SSSR count). The molecular weight excluding hydrogens is 529 g/mol. The molecule has 0 atom stereocenters. The van der Waals surface area contributed by atoms with Crippen LogP contribution < -0.4 is 10.1 Å². The standard InChI is InChI=1S/C23H24N4O3.CHF3O3S/c28-23(26-6-4-24-5-7-26)30-19-1-2-20-16(10-19)9-17-12-27-13-18-14-29-8-3-15(18)11-21(27)22(17)25-20;2-1(3,4)8(5,6)7/h1-2,9-11,24H,3-8,12-14H2;(H,5,6,7). The quantitative estimate of drug-likeness (QED) is 0.405. The highest BCUT2D eigenvalue weighted by atomic mass is 32.2. The van der Waals surface area contributed by atoms with Crippen molar-refractivity contribution in [3.8, 4) is 5.75 Å². The highest BCUT2D eigenvalue weighted by Gasteiger charge is 2.44. The topological polar surface area (TPSA) is 121 Å². The number of carbonyl (C=O) groups is 1. The van der Waals surface area contributed by atoms with Crippen LogP contribution in [0.1, 0.15) is 17.7 Å². The predicted octanol–water partition coefficient (Wildman–Crippen LogP) is 2.92.